The second kappa shape index (κ2) is 4.63. The lowest BCUT2D eigenvalue weighted by atomic mass is 10.0. The molecule has 0 amide bonds. The monoisotopic (exact) mass is 252 g/mol. The van der Waals surface area contributed by atoms with Crippen LogP contribution in [0.3, 0.4) is 0 Å². The summed E-state index contributed by atoms with van der Waals surface area (Å²) in [5.74, 6) is -1.89. The highest BCUT2D eigenvalue weighted by Gasteiger charge is 2.08. The first-order chi connectivity index (χ1) is 8.11. The molecule has 0 aliphatic carbocycles. The maximum atomic E-state index is 13.1. The molecule has 0 radical (unpaired) electrons. The fourth-order valence-electron chi connectivity index (χ4n) is 1.54. The summed E-state index contributed by atoms with van der Waals surface area (Å²) in [5, 5.41) is 0.426. The Bertz CT molecular complexity index is 582. The van der Waals surface area contributed by atoms with E-state index in [4.69, 9.17) is 11.6 Å². The van der Waals surface area contributed by atoms with Crippen LogP contribution in [-0.2, 0) is 0 Å². The van der Waals surface area contributed by atoms with E-state index in [0.717, 1.165) is 12.1 Å². The van der Waals surface area contributed by atoms with Crippen LogP contribution in [0.25, 0.3) is 11.1 Å². The van der Waals surface area contributed by atoms with E-state index in [0.29, 0.717) is 28.0 Å². The maximum absolute atomic E-state index is 13.1. The minimum absolute atomic E-state index is 0.375. The standard InChI is InChI=1S/C13H7ClF2O/c14-10-3-1-9(7-17)11(6-10)8-2-4-12(15)13(16)5-8/h1-7H. The Morgan fingerprint density at radius 1 is 1.00 bits per heavy atom. The van der Waals surface area contributed by atoms with E-state index in [1.807, 2.05) is 0 Å². The van der Waals surface area contributed by atoms with Crippen LogP contribution >= 0.6 is 11.6 Å². The van der Waals surface area contributed by atoms with Crippen molar-refractivity contribution in [3.05, 3.63) is 58.6 Å². The molecule has 0 saturated carbocycles. The van der Waals surface area contributed by atoms with Crippen molar-refractivity contribution in [2.45, 2.75) is 0 Å². The summed E-state index contributed by atoms with van der Waals surface area (Å²) in [6.45, 7) is 0. The van der Waals surface area contributed by atoms with Gasteiger partial charge in [-0.3, -0.25) is 4.79 Å². The molecular weight excluding hydrogens is 246 g/mol. The van der Waals surface area contributed by atoms with Gasteiger partial charge in [-0.1, -0.05) is 17.7 Å². The van der Waals surface area contributed by atoms with Crippen molar-refractivity contribution in [1.29, 1.82) is 0 Å². The lowest BCUT2D eigenvalue weighted by Gasteiger charge is -2.06. The van der Waals surface area contributed by atoms with Crippen LogP contribution in [0, 0.1) is 11.6 Å². The Morgan fingerprint density at radius 3 is 2.41 bits per heavy atom. The van der Waals surface area contributed by atoms with Crippen molar-refractivity contribution in [2.24, 2.45) is 0 Å². The van der Waals surface area contributed by atoms with Crippen molar-refractivity contribution in [3.8, 4) is 11.1 Å². The average molecular weight is 253 g/mol. The van der Waals surface area contributed by atoms with Gasteiger partial charge in [0, 0.05) is 10.6 Å². The SMILES string of the molecule is O=Cc1ccc(Cl)cc1-c1ccc(F)c(F)c1. The largest absolute Gasteiger partial charge is 0.298 e. The Balaban J connectivity index is 2.62. The van der Waals surface area contributed by atoms with Gasteiger partial charge in [0.25, 0.3) is 0 Å². The van der Waals surface area contributed by atoms with Crippen LogP contribution in [0.4, 0.5) is 8.78 Å². The summed E-state index contributed by atoms with van der Waals surface area (Å²) >= 11 is 5.81. The molecule has 0 bridgehead atoms. The van der Waals surface area contributed by atoms with Gasteiger partial charge < -0.3 is 0 Å². The second-order valence-corrected chi connectivity index (χ2v) is 3.91. The quantitative estimate of drug-likeness (QED) is 0.736. The minimum atomic E-state index is -0.959. The first-order valence-corrected chi connectivity index (χ1v) is 5.20. The molecule has 1 nitrogen and oxygen atoms in total. The molecule has 2 rings (SSSR count). The number of aldehydes is 1. The minimum Gasteiger partial charge on any atom is -0.298 e. The summed E-state index contributed by atoms with van der Waals surface area (Å²) in [7, 11) is 0. The van der Waals surface area contributed by atoms with Gasteiger partial charge >= 0.3 is 0 Å². The normalized spacial score (nSPS) is 10.3. The molecule has 2 aromatic carbocycles. The van der Waals surface area contributed by atoms with Gasteiger partial charge in [0.1, 0.15) is 0 Å². The van der Waals surface area contributed by atoms with E-state index in [1.165, 1.54) is 18.2 Å². The lowest BCUT2D eigenvalue weighted by molar-refractivity contribution is 0.112. The molecule has 0 heterocycles. The topological polar surface area (TPSA) is 17.1 Å². The molecule has 0 aliphatic heterocycles. The zero-order valence-corrected chi connectivity index (χ0v) is 9.34. The molecule has 0 atom stereocenters. The van der Waals surface area contributed by atoms with Gasteiger partial charge in [0.15, 0.2) is 17.9 Å². The van der Waals surface area contributed by atoms with Crippen molar-refractivity contribution in [2.75, 3.05) is 0 Å². The van der Waals surface area contributed by atoms with Crippen LogP contribution in [0.2, 0.25) is 5.02 Å². The van der Waals surface area contributed by atoms with Gasteiger partial charge in [0.05, 0.1) is 0 Å². The first-order valence-electron chi connectivity index (χ1n) is 4.82. The second-order valence-electron chi connectivity index (χ2n) is 3.48. The molecule has 0 spiro atoms. The van der Waals surface area contributed by atoms with E-state index in [9.17, 15) is 13.6 Å². The Kier molecular flexibility index (Phi) is 3.20. The summed E-state index contributed by atoms with van der Waals surface area (Å²) in [6, 6.07) is 8.09. The van der Waals surface area contributed by atoms with Gasteiger partial charge in [-0.05, 0) is 41.5 Å². The molecule has 4 heteroatoms. The van der Waals surface area contributed by atoms with Gasteiger partial charge in [-0.25, -0.2) is 8.78 Å². The first kappa shape index (κ1) is 11.7. The zero-order valence-electron chi connectivity index (χ0n) is 8.58. The molecule has 0 saturated heterocycles. The van der Waals surface area contributed by atoms with Crippen molar-refractivity contribution in [3.63, 3.8) is 0 Å². The third-order valence-electron chi connectivity index (χ3n) is 2.37. The molecule has 0 N–H and O–H groups in total. The summed E-state index contributed by atoms with van der Waals surface area (Å²) in [6.07, 6.45) is 0.646. The Labute approximate surface area is 102 Å². The van der Waals surface area contributed by atoms with E-state index < -0.39 is 11.6 Å². The Hall–Kier alpha value is -1.74. The predicted molar refractivity (Wildman–Crippen MR) is 62.2 cm³/mol. The Morgan fingerprint density at radius 2 is 1.76 bits per heavy atom. The highest BCUT2D eigenvalue weighted by Crippen LogP contribution is 2.27. The van der Waals surface area contributed by atoms with E-state index in [2.05, 4.69) is 0 Å². The molecule has 0 fully saturated rings. The molecule has 86 valence electrons. The highest BCUT2D eigenvalue weighted by molar-refractivity contribution is 6.31. The fraction of sp³-hybridized carbons (Fsp3) is 0. The molecule has 0 aliphatic rings. The van der Waals surface area contributed by atoms with Crippen LogP contribution in [-0.4, -0.2) is 6.29 Å². The van der Waals surface area contributed by atoms with Gasteiger partial charge in [-0.15, -0.1) is 0 Å². The van der Waals surface area contributed by atoms with E-state index in [-0.39, 0.29) is 0 Å². The van der Waals surface area contributed by atoms with Crippen molar-refractivity contribution in [1.82, 2.24) is 0 Å². The molecule has 2 aromatic rings. The number of hydrogen-bond acceptors (Lipinski definition) is 1. The molecular formula is C13H7ClF2O. The molecule has 0 unspecified atom stereocenters. The predicted octanol–water partition coefficient (Wildman–Crippen LogP) is 4.10. The van der Waals surface area contributed by atoms with Crippen molar-refractivity contribution >= 4 is 17.9 Å². The zero-order chi connectivity index (χ0) is 12.4. The fourth-order valence-corrected chi connectivity index (χ4v) is 1.72. The van der Waals surface area contributed by atoms with Gasteiger partial charge in [-0.2, -0.15) is 0 Å². The van der Waals surface area contributed by atoms with Crippen LogP contribution in [0.15, 0.2) is 36.4 Å². The lowest BCUT2D eigenvalue weighted by Crippen LogP contribution is -1.90. The van der Waals surface area contributed by atoms with Crippen LogP contribution in [0.5, 0.6) is 0 Å². The smallest absolute Gasteiger partial charge is 0.159 e. The number of carbonyl (C=O) groups is 1. The number of hydrogen-bond donors (Lipinski definition) is 0. The van der Waals surface area contributed by atoms with Gasteiger partial charge in [0.2, 0.25) is 0 Å². The summed E-state index contributed by atoms with van der Waals surface area (Å²) in [4.78, 5) is 10.9. The highest BCUT2D eigenvalue weighted by atomic mass is 35.5. The van der Waals surface area contributed by atoms with E-state index >= 15 is 0 Å². The molecule has 0 aromatic heterocycles. The van der Waals surface area contributed by atoms with Crippen LogP contribution < -0.4 is 0 Å². The summed E-state index contributed by atoms with van der Waals surface area (Å²) in [5.41, 5.74) is 1.26. The molecule has 17 heavy (non-hydrogen) atoms. The number of benzene rings is 2. The number of rotatable bonds is 2. The number of carbonyl (C=O) groups excluding carboxylic acids is 1. The third kappa shape index (κ3) is 2.34. The van der Waals surface area contributed by atoms with Crippen molar-refractivity contribution < 1.29 is 13.6 Å². The maximum Gasteiger partial charge on any atom is 0.159 e. The number of halogens is 3. The van der Waals surface area contributed by atoms with Crippen LogP contribution in [0.1, 0.15) is 10.4 Å². The third-order valence-corrected chi connectivity index (χ3v) is 2.61. The average Bonchev–Trinajstić information content (AvgIpc) is 2.32. The summed E-state index contributed by atoms with van der Waals surface area (Å²) < 4.78 is 25.9. The van der Waals surface area contributed by atoms with E-state index in [1.54, 1.807) is 6.07 Å².